The number of nitrogens with zero attached hydrogens (tertiary/aromatic N) is 1. The van der Waals surface area contributed by atoms with Crippen molar-refractivity contribution in [2.24, 2.45) is 0 Å². The highest BCUT2D eigenvalue weighted by Gasteiger charge is 2.20. The SMILES string of the molecule is C[C@H](c1ccccc1)N1CCC=CC1=O. The fraction of sp³-hybridized carbons (Fsp3) is 0.308. The summed E-state index contributed by atoms with van der Waals surface area (Å²) < 4.78 is 0. The quantitative estimate of drug-likeness (QED) is 0.720. The van der Waals surface area contributed by atoms with Gasteiger partial charge in [-0.05, 0) is 25.0 Å². The maximum Gasteiger partial charge on any atom is 0.246 e. The first-order valence-corrected chi connectivity index (χ1v) is 5.31. The van der Waals surface area contributed by atoms with Crippen LogP contribution in [0.4, 0.5) is 0 Å². The Hall–Kier alpha value is -1.57. The molecule has 78 valence electrons. The van der Waals surface area contributed by atoms with E-state index in [-0.39, 0.29) is 11.9 Å². The Bertz CT molecular complexity index is 369. The van der Waals surface area contributed by atoms with E-state index in [1.54, 1.807) is 6.08 Å². The maximum absolute atomic E-state index is 11.6. The molecule has 15 heavy (non-hydrogen) atoms. The van der Waals surface area contributed by atoms with Crippen LogP contribution >= 0.6 is 0 Å². The number of hydrogen-bond donors (Lipinski definition) is 0. The second-order valence-electron chi connectivity index (χ2n) is 3.81. The molecule has 2 heteroatoms. The van der Waals surface area contributed by atoms with Crippen molar-refractivity contribution in [2.75, 3.05) is 6.54 Å². The Kier molecular flexibility index (Phi) is 2.86. The van der Waals surface area contributed by atoms with Gasteiger partial charge in [0.05, 0.1) is 6.04 Å². The van der Waals surface area contributed by atoms with Crippen LogP contribution in [0.15, 0.2) is 42.5 Å². The average Bonchev–Trinajstić information content (AvgIpc) is 2.30. The fourth-order valence-corrected chi connectivity index (χ4v) is 1.90. The summed E-state index contributed by atoms with van der Waals surface area (Å²) in [6.45, 7) is 2.90. The minimum Gasteiger partial charge on any atom is -0.332 e. The molecule has 1 amide bonds. The molecule has 0 aromatic heterocycles. The molecule has 0 aliphatic carbocycles. The lowest BCUT2D eigenvalue weighted by Crippen LogP contribution is -2.34. The number of carbonyl (C=O) groups excluding carboxylic acids is 1. The molecule has 0 radical (unpaired) electrons. The molecule has 0 spiro atoms. The first kappa shape index (κ1) is 9.97. The fourth-order valence-electron chi connectivity index (χ4n) is 1.90. The Balaban J connectivity index is 2.18. The van der Waals surface area contributed by atoms with Gasteiger partial charge >= 0.3 is 0 Å². The second kappa shape index (κ2) is 4.30. The summed E-state index contributed by atoms with van der Waals surface area (Å²) in [6.07, 6.45) is 4.57. The van der Waals surface area contributed by atoms with E-state index < -0.39 is 0 Å². The standard InChI is InChI=1S/C13H15NO/c1-11(12-7-3-2-4-8-12)14-10-6-5-9-13(14)15/h2-5,7-9,11H,6,10H2,1H3/t11-/m1/s1. The van der Waals surface area contributed by atoms with Gasteiger partial charge in [0.25, 0.3) is 0 Å². The maximum atomic E-state index is 11.6. The zero-order chi connectivity index (χ0) is 10.7. The third kappa shape index (κ3) is 2.09. The molecular formula is C13H15NO. The molecule has 1 aliphatic heterocycles. The van der Waals surface area contributed by atoms with Crippen molar-refractivity contribution in [1.82, 2.24) is 4.90 Å². The van der Waals surface area contributed by atoms with Crippen molar-refractivity contribution >= 4 is 5.91 Å². The zero-order valence-electron chi connectivity index (χ0n) is 8.89. The van der Waals surface area contributed by atoms with E-state index in [2.05, 4.69) is 19.1 Å². The van der Waals surface area contributed by atoms with Gasteiger partial charge in [0.15, 0.2) is 0 Å². The monoisotopic (exact) mass is 201 g/mol. The lowest BCUT2D eigenvalue weighted by atomic mass is 10.1. The Labute approximate surface area is 90.2 Å². The van der Waals surface area contributed by atoms with Crippen LogP contribution in [0.2, 0.25) is 0 Å². The van der Waals surface area contributed by atoms with Crippen molar-refractivity contribution in [3.8, 4) is 0 Å². The molecular weight excluding hydrogens is 186 g/mol. The molecule has 2 nitrogen and oxygen atoms in total. The van der Waals surface area contributed by atoms with Gasteiger partial charge in [-0.1, -0.05) is 36.4 Å². The number of rotatable bonds is 2. The summed E-state index contributed by atoms with van der Waals surface area (Å²) in [5.74, 6) is 0.123. The Morgan fingerprint density at radius 1 is 1.27 bits per heavy atom. The van der Waals surface area contributed by atoms with E-state index in [1.807, 2.05) is 29.2 Å². The van der Waals surface area contributed by atoms with Crippen LogP contribution in [0.25, 0.3) is 0 Å². The molecule has 0 unspecified atom stereocenters. The third-order valence-electron chi connectivity index (χ3n) is 2.83. The van der Waals surface area contributed by atoms with Gasteiger partial charge in [0, 0.05) is 6.54 Å². The van der Waals surface area contributed by atoms with E-state index in [9.17, 15) is 4.79 Å². The van der Waals surface area contributed by atoms with Crippen molar-refractivity contribution in [1.29, 1.82) is 0 Å². The number of carbonyl (C=O) groups is 1. The summed E-state index contributed by atoms with van der Waals surface area (Å²) in [7, 11) is 0. The summed E-state index contributed by atoms with van der Waals surface area (Å²) in [4.78, 5) is 13.6. The van der Waals surface area contributed by atoms with Gasteiger partial charge in [0.1, 0.15) is 0 Å². The zero-order valence-corrected chi connectivity index (χ0v) is 8.89. The van der Waals surface area contributed by atoms with Crippen LogP contribution in [0, 0.1) is 0 Å². The smallest absolute Gasteiger partial charge is 0.246 e. The predicted molar refractivity (Wildman–Crippen MR) is 60.3 cm³/mol. The average molecular weight is 201 g/mol. The van der Waals surface area contributed by atoms with Crippen LogP contribution in [-0.4, -0.2) is 17.4 Å². The molecule has 2 rings (SSSR count). The lowest BCUT2D eigenvalue weighted by Gasteiger charge is -2.30. The van der Waals surface area contributed by atoms with Crippen LogP contribution in [0.5, 0.6) is 0 Å². The normalized spacial score (nSPS) is 17.9. The molecule has 0 fully saturated rings. The van der Waals surface area contributed by atoms with Gasteiger partial charge in [-0.25, -0.2) is 0 Å². The Morgan fingerprint density at radius 2 is 2.00 bits per heavy atom. The van der Waals surface area contributed by atoms with E-state index in [0.717, 1.165) is 13.0 Å². The van der Waals surface area contributed by atoms with E-state index in [0.29, 0.717) is 0 Å². The minimum atomic E-state index is 0.123. The van der Waals surface area contributed by atoms with Gasteiger partial charge in [-0.15, -0.1) is 0 Å². The Morgan fingerprint density at radius 3 is 2.67 bits per heavy atom. The van der Waals surface area contributed by atoms with Crippen molar-refractivity contribution < 1.29 is 4.79 Å². The molecule has 0 N–H and O–H groups in total. The highest BCUT2D eigenvalue weighted by atomic mass is 16.2. The summed E-state index contributed by atoms with van der Waals surface area (Å²) in [5, 5.41) is 0. The number of amides is 1. The topological polar surface area (TPSA) is 20.3 Å². The first-order chi connectivity index (χ1) is 7.29. The van der Waals surface area contributed by atoms with Crippen molar-refractivity contribution in [3.05, 3.63) is 48.0 Å². The first-order valence-electron chi connectivity index (χ1n) is 5.31. The molecule has 1 aliphatic rings. The largest absolute Gasteiger partial charge is 0.332 e. The van der Waals surface area contributed by atoms with Gasteiger partial charge in [0.2, 0.25) is 5.91 Å². The van der Waals surface area contributed by atoms with Crippen molar-refractivity contribution in [3.63, 3.8) is 0 Å². The van der Waals surface area contributed by atoms with Gasteiger partial charge < -0.3 is 4.90 Å². The van der Waals surface area contributed by atoms with Crippen molar-refractivity contribution in [2.45, 2.75) is 19.4 Å². The van der Waals surface area contributed by atoms with E-state index in [1.165, 1.54) is 5.56 Å². The highest BCUT2D eigenvalue weighted by Crippen LogP contribution is 2.22. The molecule has 0 bridgehead atoms. The van der Waals surface area contributed by atoms with Gasteiger partial charge in [-0.2, -0.15) is 0 Å². The molecule has 0 saturated heterocycles. The number of hydrogen-bond acceptors (Lipinski definition) is 1. The van der Waals surface area contributed by atoms with Crippen LogP contribution in [-0.2, 0) is 4.79 Å². The third-order valence-corrected chi connectivity index (χ3v) is 2.83. The lowest BCUT2D eigenvalue weighted by molar-refractivity contribution is -0.128. The van der Waals surface area contributed by atoms with Crippen LogP contribution in [0.3, 0.4) is 0 Å². The summed E-state index contributed by atoms with van der Waals surface area (Å²) >= 11 is 0. The van der Waals surface area contributed by atoms with Crippen LogP contribution in [0.1, 0.15) is 24.9 Å². The van der Waals surface area contributed by atoms with E-state index in [4.69, 9.17) is 0 Å². The predicted octanol–water partition coefficient (Wildman–Crippen LogP) is 2.54. The second-order valence-corrected chi connectivity index (χ2v) is 3.81. The number of benzene rings is 1. The highest BCUT2D eigenvalue weighted by molar-refractivity contribution is 5.88. The molecule has 1 aromatic carbocycles. The minimum absolute atomic E-state index is 0.123. The molecule has 1 atom stereocenters. The van der Waals surface area contributed by atoms with Gasteiger partial charge in [-0.3, -0.25) is 4.79 Å². The summed E-state index contributed by atoms with van der Waals surface area (Å²) in [5.41, 5.74) is 1.20. The molecule has 0 saturated carbocycles. The molecule has 1 aromatic rings. The van der Waals surface area contributed by atoms with E-state index >= 15 is 0 Å². The van der Waals surface area contributed by atoms with Crippen LogP contribution < -0.4 is 0 Å². The summed E-state index contributed by atoms with van der Waals surface area (Å²) in [6, 6.07) is 10.3. The molecule has 1 heterocycles.